The zero-order valence-electron chi connectivity index (χ0n) is 13.5. The maximum atomic E-state index is 12.6. The van der Waals surface area contributed by atoms with Crippen LogP contribution in [0.5, 0.6) is 0 Å². The van der Waals surface area contributed by atoms with Gasteiger partial charge in [-0.3, -0.25) is 0 Å². The van der Waals surface area contributed by atoms with Gasteiger partial charge in [-0.05, 0) is 43.9 Å². The van der Waals surface area contributed by atoms with Gasteiger partial charge in [0.05, 0.1) is 0 Å². The normalized spacial score (nSPS) is 21.8. The Balaban J connectivity index is 1.93. The Labute approximate surface area is 124 Å². The van der Waals surface area contributed by atoms with Gasteiger partial charge in [-0.25, -0.2) is 4.79 Å². The van der Waals surface area contributed by atoms with Gasteiger partial charge < -0.3 is 10.2 Å². The molecule has 116 valence electrons. The molecule has 3 heteroatoms. The lowest BCUT2D eigenvalue weighted by Gasteiger charge is -2.35. The van der Waals surface area contributed by atoms with Crippen LogP contribution in [-0.2, 0) is 0 Å². The van der Waals surface area contributed by atoms with Crippen molar-refractivity contribution in [3.8, 4) is 0 Å². The van der Waals surface area contributed by atoms with Gasteiger partial charge in [-0.15, -0.1) is 0 Å². The highest BCUT2D eigenvalue weighted by Crippen LogP contribution is 2.31. The smallest absolute Gasteiger partial charge is 0.317 e. The minimum absolute atomic E-state index is 0.193. The first-order valence-electron chi connectivity index (χ1n) is 8.70. The maximum absolute atomic E-state index is 12.6. The van der Waals surface area contributed by atoms with E-state index in [1.54, 1.807) is 0 Å². The molecule has 0 heterocycles. The van der Waals surface area contributed by atoms with Gasteiger partial charge in [-0.2, -0.15) is 0 Å². The lowest BCUT2D eigenvalue weighted by molar-refractivity contribution is 0.169. The first-order chi connectivity index (χ1) is 9.63. The molecule has 0 spiro atoms. The summed E-state index contributed by atoms with van der Waals surface area (Å²) in [6.07, 6.45) is 10.1. The SMILES string of the molecule is CCCN(C(=O)NC(C(C)C)C1CCCCC1)C1CC1. The molecule has 0 aromatic heterocycles. The molecule has 0 aromatic carbocycles. The Morgan fingerprint density at radius 2 is 1.80 bits per heavy atom. The minimum Gasteiger partial charge on any atom is -0.335 e. The van der Waals surface area contributed by atoms with Crippen LogP contribution in [0.3, 0.4) is 0 Å². The topological polar surface area (TPSA) is 32.3 Å². The van der Waals surface area contributed by atoms with Crippen LogP contribution in [-0.4, -0.2) is 29.6 Å². The second kappa shape index (κ2) is 7.33. The number of amides is 2. The lowest BCUT2D eigenvalue weighted by Crippen LogP contribution is -2.51. The van der Waals surface area contributed by atoms with Gasteiger partial charge in [0.2, 0.25) is 0 Å². The third-order valence-electron chi connectivity index (χ3n) is 4.88. The summed E-state index contributed by atoms with van der Waals surface area (Å²) in [7, 11) is 0. The highest BCUT2D eigenvalue weighted by Gasteiger charge is 2.34. The van der Waals surface area contributed by atoms with Gasteiger partial charge >= 0.3 is 6.03 Å². The van der Waals surface area contributed by atoms with E-state index in [0.717, 1.165) is 13.0 Å². The molecule has 1 unspecified atom stereocenters. The highest BCUT2D eigenvalue weighted by atomic mass is 16.2. The molecule has 2 fully saturated rings. The zero-order chi connectivity index (χ0) is 14.5. The van der Waals surface area contributed by atoms with Crippen molar-refractivity contribution in [2.45, 2.75) is 84.2 Å². The van der Waals surface area contributed by atoms with E-state index in [-0.39, 0.29) is 6.03 Å². The second-order valence-corrected chi connectivity index (χ2v) is 7.04. The molecule has 2 rings (SSSR count). The Kier molecular flexibility index (Phi) is 5.74. The van der Waals surface area contributed by atoms with E-state index in [0.29, 0.717) is 23.9 Å². The number of rotatable bonds is 6. The van der Waals surface area contributed by atoms with Crippen molar-refractivity contribution >= 4 is 6.03 Å². The fourth-order valence-electron chi connectivity index (χ4n) is 3.62. The van der Waals surface area contributed by atoms with Crippen LogP contribution >= 0.6 is 0 Å². The molecule has 1 atom stereocenters. The molecule has 0 aliphatic heterocycles. The van der Waals surface area contributed by atoms with Crippen LogP contribution < -0.4 is 5.32 Å². The molecular formula is C17H32N2O. The molecule has 0 radical (unpaired) electrons. The summed E-state index contributed by atoms with van der Waals surface area (Å²) in [5.41, 5.74) is 0. The van der Waals surface area contributed by atoms with Gasteiger partial charge in [0, 0.05) is 18.6 Å². The van der Waals surface area contributed by atoms with Crippen molar-refractivity contribution in [1.82, 2.24) is 10.2 Å². The average Bonchev–Trinajstić information content (AvgIpc) is 3.27. The fraction of sp³-hybridized carbons (Fsp3) is 0.941. The van der Waals surface area contributed by atoms with Crippen molar-refractivity contribution in [3.05, 3.63) is 0 Å². The van der Waals surface area contributed by atoms with Crippen molar-refractivity contribution in [2.75, 3.05) is 6.54 Å². The summed E-state index contributed by atoms with van der Waals surface area (Å²) in [4.78, 5) is 14.7. The van der Waals surface area contributed by atoms with Crippen molar-refractivity contribution < 1.29 is 4.79 Å². The maximum Gasteiger partial charge on any atom is 0.317 e. The van der Waals surface area contributed by atoms with E-state index >= 15 is 0 Å². The van der Waals surface area contributed by atoms with Crippen molar-refractivity contribution in [3.63, 3.8) is 0 Å². The number of nitrogens with one attached hydrogen (secondary N) is 1. The Morgan fingerprint density at radius 1 is 1.15 bits per heavy atom. The molecule has 2 amide bonds. The molecule has 2 aliphatic rings. The number of hydrogen-bond donors (Lipinski definition) is 1. The third kappa shape index (κ3) is 4.13. The fourth-order valence-corrected chi connectivity index (χ4v) is 3.62. The molecule has 20 heavy (non-hydrogen) atoms. The quantitative estimate of drug-likeness (QED) is 0.778. The number of urea groups is 1. The Hall–Kier alpha value is -0.730. The average molecular weight is 280 g/mol. The number of carbonyl (C=O) groups is 1. The summed E-state index contributed by atoms with van der Waals surface area (Å²) < 4.78 is 0. The molecule has 0 aromatic rings. The van der Waals surface area contributed by atoms with Crippen LogP contribution in [0.4, 0.5) is 4.79 Å². The van der Waals surface area contributed by atoms with E-state index < -0.39 is 0 Å². The molecular weight excluding hydrogens is 248 g/mol. The zero-order valence-corrected chi connectivity index (χ0v) is 13.5. The summed E-state index contributed by atoms with van der Waals surface area (Å²) in [5.74, 6) is 1.22. The number of nitrogens with zero attached hydrogens (tertiary/aromatic N) is 1. The molecule has 2 saturated carbocycles. The minimum atomic E-state index is 0.193. The van der Waals surface area contributed by atoms with Crippen LogP contribution in [0, 0.1) is 11.8 Å². The van der Waals surface area contributed by atoms with Gasteiger partial charge in [0.15, 0.2) is 0 Å². The first-order valence-corrected chi connectivity index (χ1v) is 8.70. The summed E-state index contributed by atoms with van der Waals surface area (Å²) in [6.45, 7) is 7.57. The molecule has 2 aliphatic carbocycles. The lowest BCUT2D eigenvalue weighted by atomic mass is 9.79. The first kappa shape index (κ1) is 15.7. The van der Waals surface area contributed by atoms with Crippen molar-refractivity contribution in [1.29, 1.82) is 0 Å². The summed E-state index contributed by atoms with van der Waals surface area (Å²) in [5, 5.41) is 3.38. The van der Waals surface area contributed by atoms with E-state index in [1.165, 1.54) is 44.9 Å². The van der Waals surface area contributed by atoms with E-state index in [1.807, 2.05) is 0 Å². The predicted molar refractivity (Wildman–Crippen MR) is 83.8 cm³/mol. The molecule has 1 N–H and O–H groups in total. The number of hydrogen-bond acceptors (Lipinski definition) is 1. The Bertz CT molecular complexity index is 306. The van der Waals surface area contributed by atoms with E-state index in [2.05, 4.69) is 31.0 Å². The monoisotopic (exact) mass is 280 g/mol. The van der Waals surface area contributed by atoms with Gasteiger partial charge in [0.25, 0.3) is 0 Å². The van der Waals surface area contributed by atoms with E-state index in [9.17, 15) is 4.79 Å². The van der Waals surface area contributed by atoms with Crippen LogP contribution in [0.15, 0.2) is 0 Å². The molecule has 0 bridgehead atoms. The summed E-state index contributed by atoms with van der Waals surface area (Å²) >= 11 is 0. The highest BCUT2D eigenvalue weighted by molar-refractivity contribution is 5.75. The van der Waals surface area contributed by atoms with Gasteiger partial charge in [0.1, 0.15) is 0 Å². The Morgan fingerprint density at radius 3 is 2.30 bits per heavy atom. The number of carbonyl (C=O) groups excluding carboxylic acids is 1. The van der Waals surface area contributed by atoms with E-state index in [4.69, 9.17) is 0 Å². The van der Waals surface area contributed by atoms with Crippen LogP contribution in [0.2, 0.25) is 0 Å². The largest absolute Gasteiger partial charge is 0.335 e. The van der Waals surface area contributed by atoms with Crippen molar-refractivity contribution in [2.24, 2.45) is 11.8 Å². The van der Waals surface area contributed by atoms with Crippen LogP contribution in [0.25, 0.3) is 0 Å². The standard InChI is InChI=1S/C17H32N2O/c1-4-12-19(15-10-11-15)17(20)18-16(13(2)3)14-8-6-5-7-9-14/h13-16H,4-12H2,1-3H3,(H,18,20). The van der Waals surface area contributed by atoms with Gasteiger partial charge in [-0.1, -0.05) is 40.0 Å². The molecule has 3 nitrogen and oxygen atoms in total. The summed E-state index contributed by atoms with van der Waals surface area (Å²) in [6, 6.07) is 1.08. The third-order valence-corrected chi connectivity index (χ3v) is 4.88. The predicted octanol–water partition coefficient (Wildman–Crippen LogP) is 4.18. The molecule has 0 saturated heterocycles. The van der Waals surface area contributed by atoms with Crippen LogP contribution in [0.1, 0.15) is 72.1 Å². The second-order valence-electron chi connectivity index (χ2n) is 7.04.